The van der Waals surface area contributed by atoms with E-state index in [1.807, 2.05) is 18.2 Å². The van der Waals surface area contributed by atoms with Gasteiger partial charge in [0.1, 0.15) is 17.1 Å². The molecule has 2 aliphatic heterocycles. The van der Waals surface area contributed by atoms with Gasteiger partial charge in [-0.05, 0) is 38.9 Å². The van der Waals surface area contributed by atoms with E-state index in [0.29, 0.717) is 0 Å². The Kier molecular flexibility index (Phi) is 3.61. The van der Waals surface area contributed by atoms with Gasteiger partial charge < -0.3 is 20.1 Å². The van der Waals surface area contributed by atoms with Gasteiger partial charge in [0, 0.05) is 30.6 Å². The number of hydrogen-bond acceptors (Lipinski definition) is 4. The van der Waals surface area contributed by atoms with Gasteiger partial charge >= 0.3 is 0 Å². The number of nitrogens with two attached hydrogens (primary N) is 1. The van der Waals surface area contributed by atoms with Crippen LogP contribution < -0.4 is 15.2 Å². The number of ether oxygens (including phenoxy) is 2. The van der Waals surface area contributed by atoms with E-state index >= 15 is 0 Å². The lowest BCUT2D eigenvalue weighted by Gasteiger charge is -2.41. The maximum absolute atomic E-state index is 6.41. The van der Waals surface area contributed by atoms with Crippen molar-refractivity contribution in [1.82, 2.24) is 4.90 Å². The first kappa shape index (κ1) is 13.7. The van der Waals surface area contributed by atoms with Crippen molar-refractivity contribution >= 4 is 0 Å². The number of rotatable bonds is 1. The van der Waals surface area contributed by atoms with Crippen molar-refractivity contribution in [2.24, 2.45) is 5.73 Å². The van der Waals surface area contributed by atoms with Crippen LogP contribution in [0.2, 0.25) is 0 Å². The first-order chi connectivity index (χ1) is 9.62. The maximum atomic E-state index is 6.41. The number of benzene rings is 1. The van der Waals surface area contributed by atoms with Crippen LogP contribution in [0.25, 0.3) is 0 Å². The van der Waals surface area contributed by atoms with Crippen molar-refractivity contribution in [3.05, 3.63) is 23.8 Å². The Bertz CT molecular complexity index is 491. The molecule has 0 aliphatic carbocycles. The second kappa shape index (κ2) is 5.26. The molecule has 1 fully saturated rings. The third kappa shape index (κ3) is 2.50. The van der Waals surface area contributed by atoms with Gasteiger partial charge in [-0.1, -0.05) is 6.07 Å². The molecular formula is C16H24N2O2. The molecule has 2 N–H and O–H groups in total. The zero-order chi connectivity index (χ0) is 14.2. The average Bonchev–Trinajstić information content (AvgIpc) is 2.61. The lowest BCUT2D eigenvalue weighted by molar-refractivity contribution is 0.0221. The lowest BCUT2D eigenvalue weighted by atomic mass is 9.82. The summed E-state index contributed by atoms with van der Waals surface area (Å²) in [6, 6.07) is 6.04. The molecule has 110 valence electrons. The Morgan fingerprint density at radius 3 is 3.00 bits per heavy atom. The second-order valence-corrected chi connectivity index (χ2v) is 6.16. The zero-order valence-electron chi connectivity index (χ0n) is 12.4. The summed E-state index contributed by atoms with van der Waals surface area (Å²) in [5.74, 6) is 1.74. The predicted octanol–water partition coefficient (Wildman–Crippen LogP) is 2.33. The van der Waals surface area contributed by atoms with Crippen LogP contribution in [0.15, 0.2) is 18.2 Å². The summed E-state index contributed by atoms with van der Waals surface area (Å²) < 4.78 is 11.7. The highest BCUT2D eigenvalue weighted by molar-refractivity contribution is 5.44. The summed E-state index contributed by atoms with van der Waals surface area (Å²) >= 11 is 0. The van der Waals surface area contributed by atoms with Gasteiger partial charge in [0.2, 0.25) is 0 Å². The molecule has 4 heteroatoms. The van der Waals surface area contributed by atoms with Crippen LogP contribution in [0.1, 0.15) is 37.3 Å². The Balaban J connectivity index is 1.90. The van der Waals surface area contributed by atoms with Gasteiger partial charge in [-0.25, -0.2) is 0 Å². The van der Waals surface area contributed by atoms with Crippen LogP contribution in [0.5, 0.6) is 11.5 Å². The minimum atomic E-state index is -0.0937. The molecule has 1 saturated heterocycles. The summed E-state index contributed by atoms with van der Waals surface area (Å²) in [4.78, 5) is 2.38. The highest BCUT2D eigenvalue weighted by Crippen LogP contribution is 2.44. The Morgan fingerprint density at radius 2 is 2.20 bits per heavy atom. The van der Waals surface area contributed by atoms with Gasteiger partial charge in [0.25, 0.3) is 0 Å². The fourth-order valence-corrected chi connectivity index (χ4v) is 3.43. The molecule has 2 atom stereocenters. The first-order valence-corrected chi connectivity index (χ1v) is 7.43. The number of nitrogens with zero attached hydrogens (tertiary/aromatic N) is 1. The normalized spacial score (nSPS) is 30.4. The summed E-state index contributed by atoms with van der Waals surface area (Å²) in [6.07, 6.45) is 4.22. The van der Waals surface area contributed by atoms with Crippen molar-refractivity contribution < 1.29 is 9.47 Å². The fraction of sp³-hybridized carbons (Fsp3) is 0.625. The molecule has 2 unspecified atom stereocenters. The van der Waals surface area contributed by atoms with Crippen LogP contribution >= 0.6 is 0 Å². The van der Waals surface area contributed by atoms with Crippen molar-refractivity contribution in [1.29, 1.82) is 0 Å². The van der Waals surface area contributed by atoms with Crippen molar-refractivity contribution in [2.75, 3.05) is 27.2 Å². The third-order valence-electron chi connectivity index (χ3n) is 4.66. The number of methoxy groups -OCH3 is 1. The molecule has 0 radical (unpaired) electrons. The standard InChI is InChI=1S/C16H24N2O2/c1-18-8-3-6-16(7-9-18)11-14(17)13-5-4-12(19-2)10-15(13)20-16/h4-5,10,14H,3,6-9,11,17H2,1-2H3. The molecular weight excluding hydrogens is 252 g/mol. The number of fused-ring (bicyclic) bond motifs is 1. The SMILES string of the molecule is COc1ccc2c(c1)OC1(CCCN(C)CC1)CC2N. The van der Waals surface area contributed by atoms with Crippen LogP contribution in [0.4, 0.5) is 0 Å². The van der Waals surface area contributed by atoms with Crippen molar-refractivity contribution in [3.63, 3.8) is 0 Å². The molecule has 1 spiro atoms. The Hall–Kier alpha value is -1.26. The first-order valence-electron chi connectivity index (χ1n) is 7.43. The molecule has 2 heterocycles. The van der Waals surface area contributed by atoms with Crippen molar-refractivity contribution in [3.8, 4) is 11.5 Å². The molecule has 1 aromatic carbocycles. The van der Waals surface area contributed by atoms with Crippen molar-refractivity contribution in [2.45, 2.75) is 37.3 Å². The average molecular weight is 276 g/mol. The largest absolute Gasteiger partial charge is 0.497 e. The fourth-order valence-electron chi connectivity index (χ4n) is 3.43. The Morgan fingerprint density at radius 1 is 1.35 bits per heavy atom. The van der Waals surface area contributed by atoms with E-state index in [1.54, 1.807) is 7.11 Å². The molecule has 0 bridgehead atoms. The zero-order valence-corrected chi connectivity index (χ0v) is 12.4. The highest BCUT2D eigenvalue weighted by atomic mass is 16.5. The minimum Gasteiger partial charge on any atom is -0.497 e. The summed E-state index contributed by atoms with van der Waals surface area (Å²) in [5, 5.41) is 0. The summed E-state index contributed by atoms with van der Waals surface area (Å²) in [5.41, 5.74) is 7.41. The van der Waals surface area contributed by atoms with E-state index in [9.17, 15) is 0 Å². The van der Waals surface area contributed by atoms with Crippen LogP contribution in [0, 0.1) is 0 Å². The quantitative estimate of drug-likeness (QED) is 0.855. The van der Waals surface area contributed by atoms with Crippen LogP contribution in [-0.4, -0.2) is 37.7 Å². The van der Waals surface area contributed by atoms with E-state index in [0.717, 1.165) is 49.4 Å². The molecule has 0 aromatic heterocycles. The molecule has 2 aliphatic rings. The second-order valence-electron chi connectivity index (χ2n) is 6.16. The maximum Gasteiger partial charge on any atom is 0.128 e. The van der Waals surface area contributed by atoms with Crippen LogP contribution in [-0.2, 0) is 0 Å². The molecule has 0 amide bonds. The smallest absolute Gasteiger partial charge is 0.128 e. The summed E-state index contributed by atoms with van der Waals surface area (Å²) in [7, 11) is 3.86. The predicted molar refractivity (Wildman–Crippen MR) is 79.2 cm³/mol. The monoisotopic (exact) mass is 276 g/mol. The van der Waals surface area contributed by atoms with E-state index < -0.39 is 0 Å². The molecule has 3 rings (SSSR count). The van der Waals surface area contributed by atoms with E-state index in [1.165, 1.54) is 6.42 Å². The number of likely N-dealkylation sites (tertiary alicyclic amines) is 1. The third-order valence-corrected chi connectivity index (χ3v) is 4.66. The van der Waals surface area contributed by atoms with E-state index in [2.05, 4.69) is 11.9 Å². The number of hydrogen-bond donors (Lipinski definition) is 1. The van der Waals surface area contributed by atoms with Crippen LogP contribution in [0.3, 0.4) is 0 Å². The minimum absolute atomic E-state index is 0.0630. The van der Waals surface area contributed by atoms with E-state index in [-0.39, 0.29) is 11.6 Å². The highest BCUT2D eigenvalue weighted by Gasteiger charge is 2.40. The summed E-state index contributed by atoms with van der Waals surface area (Å²) in [6.45, 7) is 2.22. The van der Waals surface area contributed by atoms with Gasteiger partial charge in [-0.3, -0.25) is 0 Å². The van der Waals surface area contributed by atoms with Gasteiger partial charge in [0.05, 0.1) is 7.11 Å². The van der Waals surface area contributed by atoms with E-state index in [4.69, 9.17) is 15.2 Å². The molecule has 0 saturated carbocycles. The van der Waals surface area contributed by atoms with Gasteiger partial charge in [-0.15, -0.1) is 0 Å². The van der Waals surface area contributed by atoms with Gasteiger partial charge in [-0.2, -0.15) is 0 Å². The van der Waals surface area contributed by atoms with Gasteiger partial charge in [0.15, 0.2) is 0 Å². The molecule has 20 heavy (non-hydrogen) atoms. The molecule has 1 aromatic rings. The molecule has 4 nitrogen and oxygen atoms in total. The Labute approximate surface area is 120 Å². The topological polar surface area (TPSA) is 47.7 Å². The lowest BCUT2D eigenvalue weighted by Crippen LogP contribution is -2.43.